The molecule has 1 heterocycles. The molecule has 0 aliphatic rings. The quantitative estimate of drug-likeness (QED) is 0.323. The van der Waals surface area contributed by atoms with Crippen molar-refractivity contribution in [2.45, 2.75) is 47.1 Å². The second-order valence-corrected chi connectivity index (χ2v) is 9.38. The van der Waals surface area contributed by atoms with Crippen molar-refractivity contribution in [1.29, 1.82) is 0 Å². The van der Waals surface area contributed by atoms with Crippen LogP contribution in [0.3, 0.4) is 0 Å². The van der Waals surface area contributed by atoms with Gasteiger partial charge in [0.05, 0.1) is 0 Å². The topological polar surface area (TPSA) is 52.2 Å². The lowest BCUT2D eigenvalue weighted by Gasteiger charge is -2.11. The Morgan fingerprint density at radius 2 is 1.29 bits per heavy atom. The van der Waals surface area contributed by atoms with Crippen molar-refractivity contribution in [3.63, 3.8) is 0 Å². The maximum atomic E-state index is 13.0. The third-order valence-electron chi connectivity index (χ3n) is 4.98. The predicted molar refractivity (Wildman–Crippen MR) is 111 cm³/mol. The minimum absolute atomic E-state index is 0.452. The Morgan fingerprint density at radius 3 is 1.74 bits per heavy atom. The molecular formula is C22H24F3N2O3S+. The van der Waals surface area contributed by atoms with Gasteiger partial charge < -0.3 is 4.18 Å². The molecule has 166 valence electrons. The van der Waals surface area contributed by atoms with Crippen LogP contribution >= 0.6 is 0 Å². The first-order chi connectivity index (χ1) is 14.2. The first-order valence-corrected chi connectivity index (χ1v) is 10.9. The molecule has 0 atom stereocenters. The van der Waals surface area contributed by atoms with Crippen molar-refractivity contribution in [1.82, 2.24) is 4.57 Å². The van der Waals surface area contributed by atoms with Crippen LogP contribution in [-0.2, 0) is 10.1 Å². The molecule has 3 rings (SSSR count). The molecule has 0 saturated carbocycles. The fraction of sp³-hybridized carbons (Fsp3) is 0.318. The van der Waals surface area contributed by atoms with Crippen molar-refractivity contribution in [2.24, 2.45) is 0 Å². The van der Waals surface area contributed by atoms with E-state index >= 15 is 0 Å². The molecule has 31 heavy (non-hydrogen) atoms. The number of rotatable bonds is 4. The molecule has 0 aliphatic heterocycles. The Hall–Kier alpha value is -2.81. The number of benzene rings is 2. The van der Waals surface area contributed by atoms with E-state index in [0.717, 1.165) is 39.1 Å². The van der Waals surface area contributed by atoms with E-state index in [1.807, 2.05) is 65.8 Å². The molecule has 0 unspecified atom stereocenters. The number of aromatic nitrogens is 2. The van der Waals surface area contributed by atoms with Gasteiger partial charge >= 0.3 is 21.5 Å². The summed E-state index contributed by atoms with van der Waals surface area (Å²) in [7, 11) is -5.85. The SMILES string of the molecule is Cc1cc(C)c(-n2c[n+](-c3c(C)cc(C)cc3C)cc2OS(=O)(=O)C(F)(F)F)c(C)c1. The van der Waals surface area contributed by atoms with Crippen LogP contribution < -0.4 is 8.75 Å². The van der Waals surface area contributed by atoms with Crippen molar-refractivity contribution in [2.75, 3.05) is 0 Å². The average molecular weight is 454 g/mol. The minimum atomic E-state index is -5.85. The van der Waals surface area contributed by atoms with Gasteiger partial charge in [0.25, 0.3) is 6.33 Å². The van der Waals surface area contributed by atoms with Gasteiger partial charge in [-0.3, -0.25) is 0 Å². The molecule has 0 spiro atoms. The standard InChI is InChI=1S/C22H24F3N2O3S/c1-13-7-15(3)20(16(4)8-13)26-11-19(30-31(28,29)22(23,24)25)27(12-26)21-17(5)9-14(2)10-18(21)6/h7-12H,1-6H3/q+1. The smallest absolute Gasteiger partial charge is 0.332 e. The van der Waals surface area contributed by atoms with Crippen LogP contribution in [0.15, 0.2) is 36.8 Å². The maximum Gasteiger partial charge on any atom is 0.534 e. The normalized spacial score (nSPS) is 12.3. The molecule has 0 N–H and O–H groups in total. The zero-order valence-electron chi connectivity index (χ0n) is 18.1. The summed E-state index contributed by atoms with van der Waals surface area (Å²) < 4.78 is 70.2. The average Bonchev–Trinajstić information content (AvgIpc) is 2.94. The van der Waals surface area contributed by atoms with E-state index in [-0.39, 0.29) is 0 Å². The van der Waals surface area contributed by atoms with Crippen molar-refractivity contribution >= 4 is 10.1 Å². The van der Waals surface area contributed by atoms with Gasteiger partial charge in [0.15, 0.2) is 6.20 Å². The highest BCUT2D eigenvalue weighted by molar-refractivity contribution is 7.87. The Balaban J connectivity index is 2.30. The van der Waals surface area contributed by atoms with E-state index in [9.17, 15) is 21.6 Å². The highest BCUT2D eigenvalue weighted by atomic mass is 32.2. The molecule has 0 bridgehead atoms. The zero-order chi connectivity index (χ0) is 23.3. The van der Waals surface area contributed by atoms with Crippen LogP contribution in [0.4, 0.5) is 13.2 Å². The lowest BCUT2D eigenvalue weighted by Crippen LogP contribution is -2.30. The first-order valence-electron chi connectivity index (χ1n) is 9.52. The van der Waals surface area contributed by atoms with E-state index in [4.69, 9.17) is 0 Å². The zero-order valence-corrected chi connectivity index (χ0v) is 18.9. The summed E-state index contributed by atoms with van der Waals surface area (Å²) in [6.07, 6.45) is 2.79. The predicted octanol–water partition coefficient (Wildman–Crippen LogP) is 4.83. The highest BCUT2D eigenvalue weighted by Gasteiger charge is 2.50. The molecule has 9 heteroatoms. The second-order valence-electron chi connectivity index (χ2n) is 7.84. The number of halogens is 3. The first kappa shape index (κ1) is 22.9. The van der Waals surface area contributed by atoms with E-state index in [0.29, 0.717) is 5.69 Å². The van der Waals surface area contributed by atoms with Gasteiger partial charge in [-0.1, -0.05) is 35.4 Å². The summed E-state index contributed by atoms with van der Waals surface area (Å²) >= 11 is 0. The molecule has 5 nitrogen and oxygen atoms in total. The molecule has 1 aromatic heterocycles. The molecule has 0 aliphatic carbocycles. The Morgan fingerprint density at radius 1 is 0.839 bits per heavy atom. The third kappa shape index (κ3) is 4.32. The second kappa shape index (κ2) is 7.71. The summed E-state index contributed by atoms with van der Waals surface area (Å²) in [6, 6.07) is 7.64. The summed E-state index contributed by atoms with van der Waals surface area (Å²) in [5.74, 6) is -0.452. The van der Waals surface area contributed by atoms with E-state index in [1.54, 1.807) is 4.57 Å². The molecule has 0 amide bonds. The summed E-state index contributed by atoms with van der Waals surface area (Å²) in [5.41, 5.74) is 1.10. The lowest BCUT2D eigenvalue weighted by molar-refractivity contribution is -0.595. The molecule has 0 saturated heterocycles. The van der Waals surface area contributed by atoms with Gasteiger partial charge in [-0.15, -0.1) is 0 Å². The van der Waals surface area contributed by atoms with Crippen LogP contribution in [0, 0.1) is 41.5 Å². The Labute approximate surface area is 179 Å². The number of aryl methyl sites for hydroxylation is 6. The monoisotopic (exact) mass is 453 g/mol. The van der Waals surface area contributed by atoms with E-state index in [2.05, 4.69) is 4.18 Å². The maximum absolute atomic E-state index is 13.0. The number of hydrogen-bond acceptors (Lipinski definition) is 3. The van der Waals surface area contributed by atoms with Crippen LogP contribution in [-0.4, -0.2) is 18.5 Å². The molecular weight excluding hydrogens is 429 g/mol. The highest BCUT2D eigenvalue weighted by Crippen LogP contribution is 2.31. The minimum Gasteiger partial charge on any atom is -0.332 e. The summed E-state index contributed by atoms with van der Waals surface area (Å²) in [5, 5.41) is 0. The van der Waals surface area contributed by atoms with Gasteiger partial charge in [0.2, 0.25) is 0 Å². The third-order valence-corrected chi connectivity index (χ3v) is 5.93. The van der Waals surface area contributed by atoms with Crippen LogP contribution in [0.1, 0.15) is 33.4 Å². The summed E-state index contributed by atoms with van der Waals surface area (Å²) in [4.78, 5) is 0. The fourth-order valence-electron chi connectivity index (χ4n) is 4.04. The van der Waals surface area contributed by atoms with Crippen molar-refractivity contribution in [3.8, 4) is 17.3 Å². The lowest BCUT2D eigenvalue weighted by atomic mass is 10.0. The van der Waals surface area contributed by atoms with E-state index in [1.165, 1.54) is 17.1 Å². The van der Waals surface area contributed by atoms with Gasteiger partial charge in [0.1, 0.15) is 11.4 Å². The molecule has 3 aromatic rings. The molecule has 0 fully saturated rings. The van der Waals surface area contributed by atoms with Crippen LogP contribution in [0.5, 0.6) is 5.88 Å². The molecule has 0 radical (unpaired) electrons. The summed E-state index contributed by atoms with van der Waals surface area (Å²) in [6.45, 7) is 11.2. The van der Waals surface area contributed by atoms with E-state index < -0.39 is 21.5 Å². The van der Waals surface area contributed by atoms with Crippen LogP contribution in [0.25, 0.3) is 11.4 Å². The van der Waals surface area contributed by atoms with Gasteiger partial charge in [-0.25, -0.2) is 0 Å². The van der Waals surface area contributed by atoms with Gasteiger partial charge in [0, 0.05) is 0 Å². The number of nitrogens with zero attached hydrogens (tertiary/aromatic N) is 2. The van der Waals surface area contributed by atoms with Gasteiger partial charge in [-0.05, 0) is 63.8 Å². The Kier molecular flexibility index (Phi) is 5.69. The Bertz CT molecular complexity index is 1230. The van der Waals surface area contributed by atoms with Crippen molar-refractivity contribution in [3.05, 3.63) is 70.2 Å². The largest absolute Gasteiger partial charge is 0.534 e. The number of alkyl halides is 3. The van der Waals surface area contributed by atoms with Gasteiger partial charge in [-0.2, -0.15) is 30.7 Å². The molecule has 2 aromatic carbocycles. The number of imidazole rings is 1. The fourth-order valence-corrected chi connectivity index (χ4v) is 4.48. The number of hydrogen-bond donors (Lipinski definition) is 0. The van der Waals surface area contributed by atoms with Crippen LogP contribution in [0.2, 0.25) is 0 Å². The van der Waals surface area contributed by atoms with Crippen molar-refractivity contribution < 1.29 is 30.3 Å².